The summed E-state index contributed by atoms with van der Waals surface area (Å²) in [5, 5.41) is 4.34. The van der Waals surface area contributed by atoms with E-state index in [9.17, 15) is 8.42 Å². The average Bonchev–Trinajstić information content (AvgIpc) is 2.63. The van der Waals surface area contributed by atoms with Crippen LogP contribution in [0.5, 0.6) is 0 Å². The highest BCUT2D eigenvalue weighted by Crippen LogP contribution is 2.25. The van der Waals surface area contributed by atoms with Gasteiger partial charge in [0.25, 0.3) is 9.05 Å². The topological polar surface area (TPSA) is 52.0 Å². The summed E-state index contributed by atoms with van der Waals surface area (Å²) in [7, 11) is 1.78. The minimum Gasteiger partial charge on any atom is -0.267 e. The van der Waals surface area contributed by atoms with Crippen molar-refractivity contribution in [3.63, 3.8) is 0 Å². The number of halogens is 1. The van der Waals surface area contributed by atoms with Gasteiger partial charge in [-0.05, 0) is 19.1 Å². The fourth-order valence-electron chi connectivity index (χ4n) is 1.75. The molecule has 98 valence electrons. The van der Waals surface area contributed by atoms with Crippen molar-refractivity contribution in [1.82, 2.24) is 9.78 Å². The minimum atomic E-state index is -3.71. The molecule has 0 bridgehead atoms. The lowest BCUT2D eigenvalue weighted by Crippen LogP contribution is -2.07. The second kappa shape index (κ2) is 6.11. The molecule has 4 nitrogen and oxygen atoms in total. The molecule has 0 spiro atoms. The maximum Gasteiger partial charge on any atom is 0.264 e. The molecule has 17 heavy (non-hydrogen) atoms. The second-order valence-corrected chi connectivity index (χ2v) is 7.07. The van der Waals surface area contributed by atoms with Crippen molar-refractivity contribution in [1.29, 1.82) is 0 Å². The molecule has 0 aromatic carbocycles. The monoisotopic (exact) mass is 296 g/mol. The van der Waals surface area contributed by atoms with Crippen LogP contribution in [-0.2, 0) is 28.4 Å². The first-order valence-corrected chi connectivity index (χ1v) is 9.18. The van der Waals surface area contributed by atoms with Crippen LogP contribution in [-0.4, -0.2) is 30.2 Å². The number of hydrogen-bond donors (Lipinski definition) is 0. The van der Waals surface area contributed by atoms with Gasteiger partial charge in [-0.3, -0.25) is 4.68 Å². The average molecular weight is 297 g/mol. The van der Waals surface area contributed by atoms with Crippen LogP contribution < -0.4 is 0 Å². The molecule has 0 fully saturated rings. The molecule has 0 radical (unpaired) electrons. The van der Waals surface area contributed by atoms with Gasteiger partial charge in [-0.25, -0.2) is 8.42 Å². The summed E-state index contributed by atoms with van der Waals surface area (Å²) in [6.45, 7) is 4.51. The molecule has 1 heterocycles. The Morgan fingerprint density at radius 2 is 2.00 bits per heavy atom. The van der Waals surface area contributed by atoms with E-state index in [-0.39, 0.29) is 4.90 Å². The molecule has 1 rings (SSSR count). The normalized spacial score (nSPS) is 12.0. The van der Waals surface area contributed by atoms with Gasteiger partial charge in [-0.1, -0.05) is 13.8 Å². The Labute approximate surface area is 111 Å². The van der Waals surface area contributed by atoms with Crippen molar-refractivity contribution in [3.8, 4) is 0 Å². The third kappa shape index (κ3) is 3.39. The summed E-state index contributed by atoms with van der Waals surface area (Å²) in [5.74, 6) is 0.902. The molecule has 0 aliphatic rings. The van der Waals surface area contributed by atoms with Crippen LogP contribution in [0.1, 0.15) is 25.2 Å². The van der Waals surface area contributed by atoms with Crippen LogP contribution in [0.15, 0.2) is 4.90 Å². The summed E-state index contributed by atoms with van der Waals surface area (Å²) in [5.41, 5.74) is 1.28. The Morgan fingerprint density at radius 1 is 1.35 bits per heavy atom. The molecular formula is C10H17ClN2O2S2. The summed E-state index contributed by atoms with van der Waals surface area (Å²) < 4.78 is 24.9. The highest BCUT2D eigenvalue weighted by molar-refractivity contribution is 8.13. The van der Waals surface area contributed by atoms with Crippen LogP contribution in [0, 0.1) is 0 Å². The van der Waals surface area contributed by atoms with E-state index in [0.717, 1.165) is 5.75 Å². The first-order chi connectivity index (χ1) is 7.95. The Bertz CT molecular complexity index is 483. The third-order valence-electron chi connectivity index (χ3n) is 2.50. The zero-order chi connectivity index (χ0) is 13.1. The van der Waals surface area contributed by atoms with Gasteiger partial charge in [-0.15, -0.1) is 0 Å². The van der Waals surface area contributed by atoms with E-state index in [4.69, 9.17) is 10.7 Å². The van der Waals surface area contributed by atoms with E-state index in [2.05, 4.69) is 5.10 Å². The summed E-state index contributed by atoms with van der Waals surface area (Å²) in [6, 6.07) is 0. The van der Waals surface area contributed by atoms with E-state index >= 15 is 0 Å². The van der Waals surface area contributed by atoms with E-state index in [1.165, 1.54) is 0 Å². The highest BCUT2D eigenvalue weighted by atomic mass is 35.7. The molecule has 1 aromatic rings. The van der Waals surface area contributed by atoms with Gasteiger partial charge in [-0.2, -0.15) is 16.9 Å². The predicted octanol–water partition coefficient (Wildman–Crippen LogP) is 2.30. The zero-order valence-corrected chi connectivity index (χ0v) is 12.6. The fourth-order valence-corrected chi connectivity index (χ4v) is 3.64. The second-order valence-electron chi connectivity index (χ2n) is 3.58. The third-order valence-corrected chi connectivity index (χ3v) is 4.51. The van der Waals surface area contributed by atoms with Crippen LogP contribution in [0.25, 0.3) is 0 Å². The van der Waals surface area contributed by atoms with E-state index in [1.807, 2.05) is 20.1 Å². The van der Waals surface area contributed by atoms with Crippen molar-refractivity contribution in [2.24, 2.45) is 0 Å². The number of nitrogens with zero attached hydrogens (tertiary/aromatic N) is 2. The van der Waals surface area contributed by atoms with Crippen molar-refractivity contribution in [2.75, 3.05) is 12.0 Å². The van der Waals surface area contributed by atoms with Crippen molar-refractivity contribution >= 4 is 31.5 Å². The van der Waals surface area contributed by atoms with Crippen molar-refractivity contribution in [3.05, 3.63) is 11.4 Å². The number of aryl methyl sites for hydroxylation is 2. The molecule has 0 aliphatic heterocycles. The highest BCUT2D eigenvalue weighted by Gasteiger charge is 2.24. The van der Waals surface area contributed by atoms with Gasteiger partial charge < -0.3 is 0 Å². The Kier molecular flexibility index (Phi) is 5.34. The Hall–Kier alpha value is -0.200. The van der Waals surface area contributed by atoms with Gasteiger partial charge >= 0.3 is 0 Å². The smallest absolute Gasteiger partial charge is 0.264 e. The first-order valence-electron chi connectivity index (χ1n) is 5.47. The van der Waals surface area contributed by atoms with E-state index in [1.54, 1.807) is 16.4 Å². The molecule has 1 aromatic heterocycles. The van der Waals surface area contributed by atoms with E-state index in [0.29, 0.717) is 30.8 Å². The predicted molar refractivity (Wildman–Crippen MR) is 72.4 cm³/mol. The van der Waals surface area contributed by atoms with Crippen molar-refractivity contribution in [2.45, 2.75) is 38.1 Å². The quantitative estimate of drug-likeness (QED) is 0.756. The maximum atomic E-state index is 11.6. The van der Waals surface area contributed by atoms with Gasteiger partial charge in [0, 0.05) is 16.4 Å². The number of aromatic nitrogens is 2. The van der Waals surface area contributed by atoms with Crippen LogP contribution in [0.2, 0.25) is 0 Å². The molecule has 0 saturated carbocycles. The lowest BCUT2D eigenvalue weighted by Gasteiger charge is -2.05. The summed E-state index contributed by atoms with van der Waals surface area (Å²) in [6.07, 6.45) is 3.19. The Morgan fingerprint density at radius 3 is 2.41 bits per heavy atom. The molecule has 0 saturated heterocycles. The van der Waals surface area contributed by atoms with Gasteiger partial charge in [0.05, 0.1) is 17.9 Å². The minimum absolute atomic E-state index is 0.213. The first kappa shape index (κ1) is 14.9. The van der Waals surface area contributed by atoms with Crippen LogP contribution >= 0.6 is 22.4 Å². The van der Waals surface area contributed by atoms with Gasteiger partial charge in [0.1, 0.15) is 4.90 Å². The zero-order valence-electron chi connectivity index (χ0n) is 10.2. The largest absolute Gasteiger partial charge is 0.267 e. The SMILES string of the molecule is CCc1nn(CCSC)c(CC)c1S(=O)(=O)Cl. The lowest BCUT2D eigenvalue weighted by molar-refractivity contribution is 0.603. The number of thioether (sulfide) groups is 1. The molecular weight excluding hydrogens is 280 g/mol. The fraction of sp³-hybridized carbons (Fsp3) is 0.700. The maximum absolute atomic E-state index is 11.6. The Balaban J connectivity index is 3.31. The summed E-state index contributed by atoms with van der Waals surface area (Å²) >= 11 is 1.70. The standard InChI is InChI=1S/C10H17ClN2O2S2/c1-4-8-10(17(11,14)15)9(5-2)13(12-8)6-7-16-3/h4-7H2,1-3H3. The molecule has 7 heteroatoms. The van der Waals surface area contributed by atoms with Crippen LogP contribution in [0.3, 0.4) is 0 Å². The van der Waals surface area contributed by atoms with Crippen LogP contribution in [0.4, 0.5) is 0 Å². The summed E-state index contributed by atoms with van der Waals surface area (Å²) in [4.78, 5) is 0.213. The molecule has 0 N–H and O–H groups in total. The molecule has 0 atom stereocenters. The van der Waals surface area contributed by atoms with E-state index < -0.39 is 9.05 Å². The lowest BCUT2D eigenvalue weighted by atomic mass is 10.2. The number of rotatable bonds is 6. The van der Waals surface area contributed by atoms with Gasteiger partial charge in [0.15, 0.2) is 0 Å². The molecule has 0 amide bonds. The molecule has 0 unspecified atom stereocenters. The molecule has 0 aliphatic carbocycles. The van der Waals surface area contributed by atoms with Gasteiger partial charge in [0.2, 0.25) is 0 Å². The van der Waals surface area contributed by atoms with Crippen molar-refractivity contribution < 1.29 is 8.42 Å². The number of hydrogen-bond acceptors (Lipinski definition) is 4.